The maximum Gasteiger partial charge on any atom is 0.310 e. The van der Waals surface area contributed by atoms with Crippen molar-refractivity contribution in [1.82, 2.24) is 0 Å². The second-order valence-corrected chi connectivity index (χ2v) is 2.63. The zero-order valence-electron chi connectivity index (χ0n) is 5.41. The maximum atomic E-state index is 12.2. The monoisotopic (exact) mass is 169 g/mol. The quantitative estimate of drug-likeness (QED) is 0.547. The minimum absolute atomic E-state index is 1.08. The molecule has 0 heterocycles. The van der Waals surface area contributed by atoms with E-state index in [0.29, 0.717) is 0 Å². The number of hydrogen-bond donors (Lipinski definition) is 0. The van der Waals surface area contributed by atoms with Gasteiger partial charge in [-0.05, 0) is 0 Å². The number of carbonyl (C=O) groups excluding carboxylic acids is 1. The fraction of sp³-hybridized carbons (Fsp3) is 0.833. The topological polar surface area (TPSA) is 17.1 Å². The molecule has 1 aliphatic rings. The van der Waals surface area contributed by atoms with Crippen molar-refractivity contribution in [2.45, 2.75) is 24.7 Å². The molecule has 0 aromatic carbocycles. The summed E-state index contributed by atoms with van der Waals surface area (Å²) in [5.41, 5.74) is 0. The summed E-state index contributed by atoms with van der Waals surface area (Å²) >= 11 is 0. The van der Waals surface area contributed by atoms with Crippen molar-refractivity contribution in [3.8, 4) is 0 Å². The lowest BCUT2D eigenvalue weighted by molar-refractivity contribution is -0.185. The van der Waals surface area contributed by atoms with Crippen LogP contribution in [0.4, 0.5) is 17.6 Å². The summed E-state index contributed by atoms with van der Waals surface area (Å²) in [6, 6.07) is 0. The molecule has 1 saturated carbocycles. The summed E-state index contributed by atoms with van der Waals surface area (Å²) in [5.74, 6) is -9.38. The van der Waals surface area contributed by atoms with Crippen molar-refractivity contribution >= 4 is 6.29 Å². The SMILES string of the molecule is O=[C]C1CC(F)(F)C(F)(F)C1. The van der Waals surface area contributed by atoms with Gasteiger partial charge in [-0.1, -0.05) is 0 Å². The van der Waals surface area contributed by atoms with E-state index in [9.17, 15) is 22.4 Å². The van der Waals surface area contributed by atoms with E-state index in [1.54, 1.807) is 0 Å². The molecule has 5 heteroatoms. The third-order valence-electron chi connectivity index (χ3n) is 1.71. The Balaban J connectivity index is 2.79. The molecule has 63 valence electrons. The maximum absolute atomic E-state index is 12.2. The number of hydrogen-bond acceptors (Lipinski definition) is 1. The van der Waals surface area contributed by atoms with E-state index in [1.807, 2.05) is 0 Å². The Bertz CT molecular complexity index is 161. The van der Waals surface area contributed by atoms with Gasteiger partial charge in [0, 0.05) is 18.8 Å². The Morgan fingerprint density at radius 1 is 1.09 bits per heavy atom. The minimum Gasteiger partial charge on any atom is -0.291 e. The second-order valence-electron chi connectivity index (χ2n) is 2.63. The molecule has 0 aromatic heterocycles. The normalized spacial score (nSPS) is 28.7. The Kier molecular flexibility index (Phi) is 1.69. The van der Waals surface area contributed by atoms with Gasteiger partial charge in [0.15, 0.2) is 0 Å². The molecule has 0 aliphatic heterocycles. The highest BCUT2D eigenvalue weighted by Gasteiger charge is 2.63. The Hall–Kier alpha value is -0.610. The average Bonchev–Trinajstić information content (AvgIpc) is 2.03. The van der Waals surface area contributed by atoms with E-state index in [-0.39, 0.29) is 0 Å². The molecule has 0 aromatic rings. The number of alkyl halides is 4. The largest absolute Gasteiger partial charge is 0.310 e. The van der Waals surface area contributed by atoms with Crippen LogP contribution in [0.3, 0.4) is 0 Å². The second kappa shape index (κ2) is 2.19. The van der Waals surface area contributed by atoms with Crippen LogP contribution in [0.2, 0.25) is 0 Å². The first-order chi connectivity index (χ1) is 4.89. The van der Waals surface area contributed by atoms with Gasteiger partial charge in [-0.25, -0.2) is 0 Å². The Morgan fingerprint density at radius 2 is 1.45 bits per heavy atom. The fourth-order valence-electron chi connectivity index (χ4n) is 1.07. The standard InChI is InChI=1S/C6H5F4O/c7-5(8)1-4(3-11)2-6(5,9)10/h4H,1-2H2. The summed E-state index contributed by atoms with van der Waals surface area (Å²) in [6.07, 6.45) is -0.995. The van der Waals surface area contributed by atoms with Gasteiger partial charge >= 0.3 is 11.8 Å². The molecule has 1 nitrogen and oxygen atoms in total. The summed E-state index contributed by atoms with van der Waals surface area (Å²) in [7, 11) is 0. The van der Waals surface area contributed by atoms with Gasteiger partial charge in [-0.3, -0.25) is 4.79 Å². The van der Waals surface area contributed by atoms with Crippen LogP contribution in [0, 0.1) is 5.92 Å². The lowest BCUT2D eigenvalue weighted by Gasteiger charge is -2.16. The van der Waals surface area contributed by atoms with Gasteiger partial charge in [0.05, 0.1) is 0 Å². The molecular formula is C6H5F4O. The van der Waals surface area contributed by atoms with Gasteiger partial charge in [0.1, 0.15) is 0 Å². The van der Waals surface area contributed by atoms with Crippen molar-refractivity contribution in [2.24, 2.45) is 5.92 Å². The minimum atomic E-state index is -4.03. The van der Waals surface area contributed by atoms with Crippen molar-refractivity contribution in [2.75, 3.05) is 0 Å². The molecule has 0 saturated heterocycles. The molecule has 0 atom stereocenters. The molecule has 0 N–H and O–H groups in total. The molecule has 1 rings (SSSR count). The number of halogens is 4. The van der Waals surface area contributed by atoms with Crippen LogP contribution in [-0.2, 0) is 4.79 Å². The molecule has 0 unspecified atom stereocenters. The van der Waals surface area contributed by atoms with E-state index in [0.717, 1.165) is 0 Å². The predicted molar refractivity (Wildman–Crippen MR) is 28.3 cm³/mol. The van der Waals surface area contributed by atoms with E-state index in [4.69, 9.17) is 0 Å². The highest BCUT2D eigenvalue weighted by Crippen LogP contribution is 2.49. The molecule has 1 fully saturated rings. The molecule has 1 aliphatic carbocycles. The average molecular weight is 169 g/mol. The highest BCUT2D eigenvalue weighted by atomic mass is 19.3. The number of rotatable bonds is 1. The third kappa shape index (κ3) is 1.23. The van der Waals surface area contributed by atoms with Crippen LogP contribution in [0.15, 0.2) is 0 Å². The van der Waals surface area contributed by atoms with Gasteiger partial charge in [0.2, 0.25) is 6.29 Å². The van der Waals surface area contributed by atoms with E-state index >= 15 is 0 Å². The first kappa shape index (κ1) is 8.49. The summed E-state index contributed by atoms with van der Waals surface area (Å²) in [4.78, 5) is 9.79. The van der Waals surface area contributed by atoms with Crippen molar-refractivity contribution < 1.29 is 22.4 Å². The summed E-state index contributed by atoms with van der Waals surface area (Å²) in [6.45, 7) is 0. The fourth-order valence-corrected chi connectivity index (χ4v) is 1.07. The van der Waals surface area contributed by atoms with Crippen LogP contribution >= 0.6 is 0 Å². The first-order valence-electron chi connectivity index (χ1n) is 3.02. The van der Waals surface area contributed by atoms with Gasteiger partial charge < -0.3 is 0 Å². The molecular weight excluding hydrogens is 164 g/mol. The van der Waals surface area contributed by atoms with Crippen molar-refractivity contribution in [1.29, 1.82) is 0 Å². The lowest BCUT2D eigenvalue weighted by Crippen LogP contribution is -2.33. The highest BCUT2D eigenvalue weighted by molar-refractivity contribution is 5.55. The van der Waals surface area contributed by atoms with E-state index in [2.05, 4.69) is 0 Å². The predicted octanol–water partition coefficient (Wildman–Crippen LogP) is 1.78. The van der Waals surface area contributed by atoms with Crippen LogP contribution < -0.4 is 0 Å². The molecule has 1 radical (unpaired) electrons. The zero-order chi connectivity index (χ0) is 8.70. The first-order valence-corrected chi connectivity index (χ1v) is 3.02. The van der Waals surface area contributed by atoms with Gasteiger partial charge in [-0.15, -0.1) is 0 Å². The third-order valence-corrected chi connectivity index (χ3v) is 1.71. The Labute approximate surface area is 60.4 Å². The van der Waals surface area contributed by atoms with Crippen LogP contribution in [0.1, 0.15) is 12.8 Å². The molecule has 0 amide bonds. The van der Waals surface area contributed by atoms with Crippen LogP contribution in [0.25, 0.3) is 0 Å². The van der Waals surface area contributed by atoms with E-state index < -0.39 is 30.6 Å². The molecule has 11 heavy (non-hydrogen) atoms. The summed E-state index contributed by atoms with van der Waals surface area (Å²) < 4.78 is 48.9. The zero-order valence-corrected chi connectivity index (χ0v) is 5.41. The lowest BCUT2D eigenvalue weighted by atomic mass is 10.1. The van der Waals surface area contributed by atoms with E-state index in [1.165, 1.54) is 6.29 Å². The smallest absolute Gasteiger partial charge is 0.291 e. The summed E-state index contributed by atoms with van der Waals surface area (Å²) in [5, 5.41) is 0. The van der Waals surface area contributed by atoms with Crippen molar-refractivity contribution in [3.05, 3.63) is 0 Å². The van der Waals surface area contributed by atoms with Crippen LogP contribution in [-0.4, -0.2) is 18.1 Å². The molecule has 0 spiro atoms. The van der Waals surface area contributed by atoms with Crippen molar-refractivity contribution in [3.63, 3.8) is 0 Å². The Morgan fingerprint density at radius 3 is 1.64 bits per heavy atom. The van der Waals surface area contributed by atoms with Crippen LogP contribution in [0.5, 0.6) is 0 Å². The van der Waals surface area contributed by atoms with Gasteiger partial charge in [-0.2, -0.15) is 17.6 Å². The van der Waals surface area contributed by atoms with Gasteiger partial charge in [0.25, 0.3) is 0 Å². The molecule has 0 bridgehead atoms.